The van der Waals surface area contributed by atoms with Crippen molar-refractivity contribution < 1.29 is 0 Å². The van der Waals surface area contributed by atoms with E-state index in [9.17, 15) is 0 Å². The van der Waals surface area contributed by atoms with Gasteiger partial charge < -0.3 is 10.2 Å². The number of aromatic nitrogens is 2. The summed E-state index contributed by atoms with van der Waals surface area (Å²) in [4.78, 5) is 7.07. The molecule has 1 aliphatic carbocycles. The molecule has 1 aliphatic heterocycles. The Balaban J connectivity index is 1.66. The van der Waals surface area contributed by atoms with Crippen LogP contribution >= 0.6 is 0 Å². The second-order valence-electron chi connectivity index (χ2n) is 7.84. The second kappa shape index (κ2) is 7.79. The standard InChI is InChI=1S/C20H35N5/c1-5-17-16(18(6-2)24(4)23-17)14-22-19(21-3)25-13-12-20(15-25)10-8-7-9-11-20/h5-15H2,1-4H3,(H,21,22). The lowest BCUT2D eigenvalue weighted by atomic mass is 9.73. The van der Waals surface area contributed by atoms with Crippen LogP contribution in [0, 0.1) is 5.41 Å². The molecule has 2 fully saturated rings. The SMILES string of the molecule is CCc1nn(C)c(CC)c1CNC(=NC)N1CCC2(CCCCC2)C1. The average Bonchev–Trinajstić information content (AvgIpc) is 3.17. The molecule has 1 aromatic rings. The molecule has 0 unspecified atom stereocenters. The third-order valence-corrected chi connectivity index (χ3v) is 6.31. The minimum absolute atomic E-state index is 0.563. The van der Waals surface area contributed by atoms with Gasteiger partial charge in [0.1, 0.15) is 0 Å². The molecule has 0 aromatic carbocycles. The molecule has 0 amide bonds. The van der Waals surface area contributed by atoms with Gasteiger partial charge in [-0.1, -0.05) is 33.1 Å². The summed E-state index contributed by atoms with van der Waals surface area (Å²) in [5.41, 5.74) is 4.48. The van der Waals surface area contributed by atoms with Crippen LogP contribution in [0.2, 0.25) is 0 Å². The maximum absolute atomic E-state index is 4.69. The summed E-state index contributed by atoms with van der Waals surface area (Å²) in [6.07, 6.45) is 10.4. The van der Waals surface area contributed by atoms with Crippen molar-refractivity contribution in [2.45, 2.75) is 71.8 Å². The van der Waals surface area contributed by atoms with Gasteiger partial charge in [0.15, 0.2) is 5.96 Å². The fourth-order valence-electron chi connectivity index (χ4n) is 4.92. The van der Waals surface area contributed by atoms with Crippen LogP contribution in [0.4, 0.5) is 0 Å². The van der Waals surface area contributed by atoms with E-state index in [1.807, 2.05) is 11.7 Å². The molecular weight excluding hydrogens is 310 g/mol. The Bertz CT molecular complexity index is 610. The molecule has 1 N–H and O–H groups in total. The Hall–Kier alpha value is -1.52. The number of likely N-dealkylation sites (tertiary alicyclic amines) is 1. The van der Waals surface area contributed by atoms with Crippen molar-refractivity contribution in [3.8, 4) is 0 Å². The van der Waals surface area contributed by atoms with Crippen molar-refractivity contribution in [2.75, 3.05) is 20.1 Å². The van der Waals surface area contributed by atoms with E-state index in [1.54, 1.807) is 0 Å². The molecule has 1 saturated carbocycles. The normalized spacial score (nSPS) is 20.5. The highest BCUT2D eigenvalue weighted by Crippen LogP contribution is 2.43. The van der Waals surface area contributed by atoms with Crippen molar-refractivity contribution in [1.82, 2.24) is 20.0 Å². The number of guanidine groups is 1. The van der Waals surface area contributed by atoms with Gasteiger partial charge in [0.25, 0.3) is 0 Å². The van der Waals surface area contributed by atoms with Crippen molar-refractivity contribution >= 4 is 5.96 Å². The third kappa shape index (κ3) is 3.70. The lowest BCUT2D eigenvalue weighted by Crippen LogP contribution is -2.41. The number of rotatable bonds is 4. The minimum atomic E-state index is 0.563. The molecule has 5 heteroatoms. The van der Waals surface area contributed by atoms with E-state index in [-0.39, 0.29) is 0 Å². The van der Waals surface area contributed by atoms with Crippen LogP contribution < -0.4 is 5.32 Å². The highest BCUT2D eigenvalue weighted by molar-refractivity contribution is 5.80. The maximum atomic E-state index is 4.69. The molecule has 0 radical (unpaired) electrons. The van der Waals surface area contributed by atoms with E-state index < -0.39 is 0 Å². The summed E-state index contributed by atoms with van der Waals surface area (Å²) in [5, 5.41) is 8.33. The van der Waals surface area contributed by atoms with Gasteiger partial charge in [-0.15, -0.1) is 0 Å². The van der Waals surface area contributed by atoms with Crippen LogP contribution in [0.5, 0.6) is 0 Å². The van der Waals surface area contributed by atoms with Crippen LogP contribution in [0.3, 0.4) is 0 Å². The fraction of sp³-hybridized carbons (Fsp3) is 0.800. The molecule has 3 rings (SSSR count). The van der Waals surface area contributed by atoms with Gasteiger partial charge in [-0.2, -0.15) is 5.10 Å². The predicted octanol–water partition coefficient (Wildman–Crippen LogP) is 3.28. The van der Waals surface area contributed by atoms with Gasteiger partial charge >= 0.3 is 0 Å². The van der Waals surface area contributed by atoms with Gasteiger partial charge in [0.2, 0.25) is 0 Å². The van der Waals surface area contributed by atoms with Crippen molar-refractivity contribution in [3.05, 3.63) is 17.0 Å². The highest BCUT2D eigenvalue weighted by Gasteiger charge is 2.39. The highest BCUT2D eigenvalue weighted by atomic mass is 15.3. The Kier molecular flexibility index (Phi) is 5.70. The fourth-order valence-corrected chi connectivity index (χ4v) is 4.92. The van der Waals surface area contributed by atoms with Gasteiger partial charge in [-0.05, 0) is 37.5 Å². The summed E-state index contributed by atoms with van der Waals surface area (Å²) in [6.45, 7) is 7.56. The van der Waals surface area contributed by atoms with Crippen LogP contribution in [-0.4, -0.2) is 40.8 Å². The topological polar surface area (TPSA) is 45.5 Å². The summed E-state index contributed by atoms with van der Waals surface area (Å²) in [6, 6.07) is 0. The summed E-state index contributed by atoms with van der Waals surface area (Å²) in [5.74, 6) is 1.07. The molecular formula is C20H35N5. The Morgan fingerprint density at radius 3 is 2.56 bits per heavy atom. The first kappa shape index (κ1) is 18.3. The van der Waals surface area contributed by atoms with E-state index in [0.29, 0.717) is 5.41 Å². The summed E-state index contributed by atoms with van der Waals surface area (Å²) >= 11 is 0. The summed E-state index contributed by atoms with van der Waals surface area (Å²) in [7, 11) is 3.97. The zero-order valence-corrected chi connectivity index (χ0v) is 16.6. The molecule has 0 atom stereocenters. The van der Waals surface area contributed by atoms with Gasteiger partial charge in [0, 0.05) is 45.0 Å². The molecule has 1 saturated heterocycles. The van der Waals surface area contributed by atoms with E-state index >= 15 is 0 Å². The van der Waals surface area contributed by atoms with Gasteiger partial charge in [-0.25, -0.2) is 0 Å². The minimum Gasteiger partial charge on any atom is -0.352 e. The van der Waals surface area contributed by atoms with Crippen LogP contribution in [0.1, 0.15) is 69.3 Å². The van der Waals surface area contributed by atoms with E-state index in [4.69, 9.17) is 5.10 Å². The first-order chi connectivity index (χ1) is 12.1. The quantitative estimate of drug-likeness (QED) is 0.673. The Morgan fingerprint density at radius 2 is 1.92 bits per heavy atom. The third-order valence-electron chi connectivity index (χ3n) is 6.31. The van der Waals surface area contributed by atoms with Crippen LogP contribution in [-0.2, 0) is 26.4 Å². The number of hydrogen-bond acceptors (Lipinski definition) is 2. The van der Waals surface area contributed by atoms with Gasteiger partial charge in [0.05, 0.1) is 5.69 Å². The molecule has 0 bridgehead atoms. The maximum Gasteiger partial charge on any atom is 0.193 e. The number of nitrogens with zero attached hydrogens (tertiary/aromatic N) is 4. The zero-order valence-electron chi connectivity index (χ0n) is 16.6. The number of aryl methyl sites for hydroxylation is 2. The number of aliphatic imine (C=N–C) groups is 1. The number of hydrogen-bond donors (Lipinski definition) is 1. The van der Waals surface area contributed by atoms with Gasteiger partial charge in [-0.3, -0.25) is 9.67 Å². The van der Waals surface area contributed by atoms with E-state index in [0.717, 1.165) is 31.9 Å². The lowest BCUT2D eigenvalue weighted by Gasteiger charge is -2.33. The zero-order chi connectivity index (χ0) is 17.9. The van der Waals surface area contributed by atoms with Crippen molar-refractivity contribution in [3.63, 3.8) is 0 Å². The number of nitrogens with one attached hydrogen (secondary N) is 1. The molecule has 1 spiro atoms. The second-order valence-corrected chi connectivity index (χ2v) is 7.84. The molecule has 25 heavy (non-hydrogen) atoms. The lowest BCUT2D eigenvalue weighted by molar-refractivity contribution is 0.203. The van der Waals surface area contributed by atoms with Crippen molar-refractivity contribution in [1.29, 1.82) is 0 Å². The van der Waals surface area contributed by atoms with E-state index in [2.05, 4.69) is 36.1 Å². The van der Waals surface area contributed by atoms with Crippen LogP contribution in [0.25, 0.3) is 0 Å². The van der Waals surface area contributed by atoms with Crippen molar-refractivity contribution in [2.24, 2.45) is 17.5 Å². The molecule has 1 aromatic heterocycles. The largest absolute Gasteiger partial charge is 0.352 e. The monoisotopic (exact) mass is 345 g/mol. The first-order valence-corrected chi connectivity index (χ1v) is 10.1. The molecule has 2 aliphatic rings. The predicted molar refractivity (Wildman–Crippen MR) is 104 cm³/mol. The van der Waals surface area contributed by atoms with E-state index in [1.165, 1.54) is 62.0 Å². The smallest absolute Gasteiger partial charge is 0.193 e. The first-order valence-electron chi connectivity index (χ1n) is 10.1. The summed E-state index contributed by atoms with van der Waals surface area (Å²) < 4.78 is 2.05. The Labute approximate surface area is 152 Å². The Morgan fingerprint density at radius 1 is 1.16 bits per heavy atom. The molecule has 5 nitrogen and oxygen atoms in total. The van der Waals surface area contributed by atoms with Crippen LogP contribution in [0.15, 0.2) is 4.99 Å². The molecule has 2 heterocycles. The molecule has 140 valence electrons. The average molecular weight is 346 g/mol.